The van der Waals surface area contributed by atoms with E-state index in [4.69, 9.17) is 16.3 Å². The second kappa shape index (κ2) is 12.5. The van der Waals surface area contributed by atoms with Crippen molar-refractivity contribution in [1.82, 2.24) is 24.8 Å². The van der Waals surface area contributed by atoms with Crippen molar-refractivity contribution in [3.8, 4) is 11.5 Å². The monoisotopic (exact) mass is 585 g/mol. The molecule has 2 aromatic carbocycles. The molecular formula is C30H31ClF3N5O2. The van der Waals surface area contributed by atoms with Crippen LogP contribution in [0, 0.1) is 0 Å². The van der Waals surface area contributed by atoms with Crippen LogP contribution in [-0.4, -0.2) is 51.5 Å². The lowest BCUT2D eigenvalue weighted by atomic mass is 10.1. The number of hydrogen-bond donors (Lipinski definition) is 1. The summed E-state index contributed by atoms with van der Waals surface area (Å²) in [6.07, 6.45) is 1.86. The molecule has 0 bridgehead atoms. The minimum Gasteiger partial charge on any atom is -0.457 e. The number of fused-ring (bicyclic) bond motifs is 1. The fourth-order valence-electron chi connectivity index (χ4n) is 5.05. The topological polar surface area (TPSA) is 72.3 Å². The van der Waals surface area contributed by atoms with Crippen LogP contribution >= 0.6 is 11.6 Å². The van der Waals surface area contributed by atoms with Crippen molar-refractivity contribution in [2.45, 2.75) is 38.3 Å². The number of carbonyl (C=O) groups is 1. The lowest BCUT2D eigenvalue weighted by molar-refractivity contribution is -0.137. The van der Waals surface area contributed by atoms with Gasteiger partial charge in [-0.25, -0.2) is 4.98 Å². The number of amides is 1. The Bertz CT molecular complexity index is 1530. The number of nitrogens with one attached hydrogen (secondary N) is 1. The van der Waals surface area contributed by atoms with E-state index in [1.807, 2.05) is 17.7 Å². The molecule has 3 heterocycles. The summed E-state index contributed by atoms with van der Waals surface area (Å²) in [5.74, 6) is 1.30. The van der Waals surface area contributed by atoms with Gasteiger partial charge in [0.15, 0.2) is 0 Å². The zero-order chi connectivity index (χ0) is 29.0. The van der Waals surface area contributed by atoms with E-state index in [0.29, 0.717) is 34.9 Å². The summed E-state index contributed by atoms with van der Waals surface area (Å²) in [4.78, 5) is 23.9. The molecule has 0 aliphatic carbocycles. The lowest BCUT2D eigenvalue weighted by Gasteiger charge is -2.26. The number of alkyl halides is 3. The van der Waals surface area contributed by atoms with Gasteiger partial charge in [0.2, 0.25) is 0 Å². The molecule has 1 amide bonds. The quantitative estimate of drug-likeness (QED) is 0.223. The van der Waals surface area contributed by atoms with Crippen molar-refractivity contribution in [3.63, 3.8) is 0 Å². The van der Waals surface area contributed by atoms with E-state index in [-0.39, 0.29) is 23.0 Å². The van der Waals surface area contributed by atoms with Crippen molar-refractivity contribution in [1.29, 1.82) is 0 Å². The number of imidazole rings is 1. The summed E-state index contributed by atoms with van der Waals surface area (Å²) in [6.45, 7) is 3.81. The maximum Gasteiger partial charge on any atom is 0.417 e. The predicted octanol–water partition coefficient (Wildman–Crippen LogP) is 6.63. The molecule has 1 fully saturated rings. The number of carbonyl (C=O) groups excluding carboxylic acids is 1. The van der Waals surface area contributed by atoms with Crippen LogP contribution in [0.2, 0.25) is 5.02 Å². The first-order valence-corrected chi connectivity index (χ1v) is 14.0. The highest BCUT2D eigenvalue weighted by Crippen LogP contribution is 2.35. The summed E-state index contributed by atoms with van der Waals surface area (Å²) in [5.41, 5.74) is 1.28. The molecule has 0 spiro atoms. The third kappa shape index (κ3) is 7.18. The Morgan fingerprint density at radius 3 is 2.61 bits per heavy atom. The third-order valence-electron chi connectivity index (χ3n) is 7.23. The number of piperidine rings is 1. The van der Waals surface area contributed by atoms with Crippen LogP contribution in [0.5, 0.6) is 11.5 Å². The Morgan fingerprint density at radius 2 is 1.83 bits per heavy atom. The Morgan fingerprint density at radius 1 is 1.05 bits per heavy atom. The summed E-state index contributed by atoms with van der Waals surface area (Å²) in [7, 11) is 1.81. The standard InChI is InChI=1S/C30H31ClF3N5O2/c1-38-27-9-7-21(18-25(27)37-28(38)17-20-6-8-24(31)23(16-20)30(32,33)34)41-22-10-12-35-26(19-22)29(40)36-11-5-15-39-13-3-2-4-14-39/h6-10,12,16,18-19H,2-5,11,13-15,17H2,1H3,(H,36,40). The highest BCUT2D eigenvalue weighted by Gasteiger charge is 2.33. The number of likely N-dealkylation sites (tertiary alicyclic amines) is 1. The summed E-state index contributed by atoms with van der Waals surface area (Å²) < 4.78 is 47.7. The largest absolute Gasteiger partial charge is 0.457 e. The first kappa shape index (κ1) is 28.9. The fourth-order valence-corrected chi connectivity index (χ4v) is 5.27. The molecule has 4 aromatic rings. The van der Waals surface area contributed by atoms with Crippen LogP contribution in [-0.2, 0) is 19.6 Å². The van der Waals surface area contributed by atoms with E-state index in [1.54, 1.807) is 30.3 Å². The Balaban J connectivity index is 1.23. The second-order valence-corrected chi connectivity index (χ2v) is 10.6. The average Bonchev–Trinajstić information content (AvgIpc) is 3.26. The van der Waals surface area contributed by atoms with Crippen molar-refractivity contribution in [2.24, 2.45) is 7.05 Å². The number of benzene rings is 2. The molecule has 216 valence electrons. The van der Waals surface area contributed by atoms with Gasteiger partial charge in [-0.2, -0.15) is 13.2 Å². The van der Waals surface area contributed by atoms with E-state index in [2.05, 4.69) is 20.2 Å². The molecule has 2 aromatic heterocycles. The number of rotatable bonds is 9. The van der Waals surface area contributed by atoms with Crippen LogP contribution in [0.15, 0.2) is 54.7 Å². The summed E-state index contributed by atoms with van der Waals surface area (Å²) in [5, 5.41) is 2.60. The Hall–Kier alpha value is -3.63. The lowest BCUT2D eigenvalue weighted by Crippen LogP contribution is -2.33. The molecule has 0 unspecified atom stereocenters. The number of halogens is 4. The number of nitrogens with zero attached hydrogens (tertiary/aromatic N) is 4. The van der Waals surface area contributed by atoms with Gasteiger partial charge in [0.25, 0.3) is 5.91 Å². The SMILES string of the molecule is Cn1c(Cc2ccc(Cl)c(C(F)(F)F)c2)nc2cc(Oc3ccnc(C(=O)NCCCN4CCCCC4)c3)ccc21. The van der Waals surface area contributed by atoms with Gasteiger partial charge >= 0.3 is 6.18 Å². The molecule has 1 aliphatic heterocycles. The maximum atomic E-state index is 13.3. The van der Waals surface area contributed by atoms with Gasteiger partial charge in [0.1, 0.15) is 23.0 Å². The van der Waals surface area contributed by atoms with Gasteiger partial charge in [-0.05, 0) is 74.8 Å². The fraction of sp³-hybridized carbons (Fsp3) is 0.367. The third-order valence-corrected chi connectivity index (χ3v) is 7.56. The summed E-state index contributed by atoms with van der Waals surface area (Å²) >= 11 is 5.76. The first-order valence-electron chi connectivity index (χ1n) is 13.6. The van der Waals surface area contributed by atoms with Gasteiger partial charge in [-0.1, -0.05) is 24.1 Å². The van der Waals surface area contributed by atoms with Crippen LogP contribution in [0.3, 0.4) is 0 Å². The molecule has 0 radical (unpaired) electrons. The smallest absolute Gasteiger partial charge is 0.417 e. The average molecular weight is 586 g/mol. The number of pyridine rings is 1. The van der Waals surface area contributed by atoms with Gasteiger partial charge in [0, 0.05) is 38.3 Å². The number of ether oxygens (including phenoxy) is 1. The number of aryl methyl sites for hydroxylation is 1. The van der Waals surface area contributed by atoms with Crippen LogP contribution in [0.1, 0.15) is 53.1 Å². The molecule has 7 nitrogen and oxygen atoms in total. The van der Waals surface area contributed by atoms with Crippen molar-refractivity contribution < 1.29 is 22.7 Å². The van der Waals surface area contributed by atoms with E-state index < -0.39 is 11.7 Å². The molecule has 41 heavy (non-hydrogen) atoms. The van der Waals surface area contributed by atoms with Gasteiger partial charge < -0.3 is 19.5 Å². The maximum absolute atomic E-state index is 13.3. The van der Waals surface area contributed by atoms with Gasteiger partial charge in [-0.15, -0.1) is 0 Å². The Kier molecular flexibility index (Phi) is 8.79. The molecule has 1 saturated heterocycles. The molecular weight excluding hydrogens is 555 g/mol. The van der Waals surface area contributed by atoms with Gasteiger partial charge in [-0.3, -0.25) is 9.78 Å². The van der Waals surface area contributed by atoms with Crippen LogP contribution in [0.4, 0.5) is 13.2 Å². The first-order chi connectivity index (χ1) is 19.7. The van der Waals surface area contributed by atoms with Crippen molar-refractivity contribution in [2.75, 3.05) is 26.2 Å². The molecule has 5 rings (SSSR count). The summed E-state index contributed by atoms with van der Waals surface area (Å²) in [6, 6.07) is 12.5. The predicted molar refractivity (Wildman–Crippen MR) is 152 cm³/mol. The normalized spacial score (nSPS) is 14.4. The zero-order valence-corrected chi connectivity index (χ0v) is 23.4. The van der Waals surface area contributed by atoms with Crippen molar-refractivity contribution >= 4 is 28.5 Å². The highest BCUT2D eigenvalue weighted by atomic mass is 35.5. The van der Waals surface area contributed by atoms with E-state index in [1.165, 1.54) is 31.5 Å². The highest BCUT2D eigenvalue weighted by molar-refractivity contribution is 6.31. The van der Waals surface area contributed by atoms with E-state index >= 15 is 0 Å². The Labute approximate surface area is 241 Å². The molecule has 0 atom stereocenters. The van der Waals surface area contributed by atoms with Gasteiger partial charge in [0.05, 0.1) is 21.6 Å². The molecule has 1 aliphatic rings. The van der Waals surface area contributed by atoms with E-state index in [0.717, 1.165) is 37.6 Å². The van der Waals surface area contributed by atoms with Crippen LogP contribution in [0.25, 0.3) is 11.0 Å². The molecule has 0 saturated carbocycles. The number of hydrogen-bond acceptors (Lipinski definition) is 5. The second-order valence-electron chi connectivity index (χ2n) is 10.2. The molecule has 1 N–H and O–H groups in total. The van der Waals surface area contributed by atoms with Crippen molar-refractivity contribution in [3.05, 3.63) is 82.4 Å². The molecule has 11 heteroatoms. The van der Waals surface area contributed by atoms with Crippen LogP contribution < -0.4 is 10.1 Å². The minimum atomic E-state index is -4.54. The zero-order valence-electron chi connectivity index (χ0n) is 22.7. The van der Waals surface area contributed by atoms with E-state index in [9.17, 15) is 18.0 Å². The number of aromatic nitrogens is 3. The minimum absolute atomic E-state index is 0.197.